The van der Waals surface area contributed by atoms with Crippen LogP contribution in [0.1, 0.15) is 25.7 Å². The van der Waals surface area contributed by atoms with Gasteiger partial charge in [-0.25, -0.2) is 0 Å². The molecule has 274 valence electrons. The molecule has 0 radical (unpaired) electrons. The molecule has 0 bridgehead atoms. The zero-order chi connectivity index (χ0) is 37.1. The molecule has 0 fully saturated rings. The van der Waals surface area contributed by atoms with Crippen molar-refractivity contribution in [1.82, 2.24) is 0 Å². The Morgan fingerprint density at radius 1 is 0.217 bits per heavy atom. The van der Waals surface area contributed by atoms with Crippen LogP contribution in [0.5, 0.6) is 0 Å². The van der Waals surface area contributed by atoms with E-state index in [2.05, 4.69) is 0 Å². The van der Waals surface area contributed by atoms with E-state index in [1.807, 2.05) is 0 Å². The van der Waals surface area contributed by atoms with Crippen LogP contribution in [-0.4, -0.2) is 36.7 Å². The van der Waals surface area contributed by atoms with Crippen LogP contribution in [0.15, 0.2) is 0 Å². The predicted octanol–water partition coefficient (Wildman–Crippen LogP) is -60.4. The summed E-state index contributed by atoms with van der Waals surface area (Å²) < 4.78 is 76.4. The van der Waals surface area contributed by atoms with Crippen molar-refractivity contribution in [3.8, 4) is 0 Å². The molecular formula is C10H24K16N2O24P8. The van der Waals surface area contributed by atoms with Crippen LogP contribution < -0.4 is 912 Å². The molecule has 0 saturated heterocycles. The number of rotatable bonds is 13. The zero-order valence-electron chi connectivity index (χ0n) is 37.6. The maximum Gasteiger partial charge on any atom is 1.00 e. The van der Waals surface area contributed by atoms with Crippen LogP contribution in [0.4, 0.5) is 0 Å². The van der Waals surface area contributed by atoms with E-state index in [0.717, 1.165) is 25.9 Å². The summed E-state index contributed by atoms with van der Waals surface area (Å²) in [4.78, 5) is 153. The van der Waals surface area contributed by atoms with Crippen LogP contribution in [-0.2, 0) is 36.5 Å². The van der Waals surface area contributed by atoms with E-state index in [0.29, 0.717) is 0 Å². The monoisotopic (exact) mass is 1430 g/mol. The molecule has 4 N–H and O–H groups in total. The second-order valence-corrected chi connectivity index (χ2v) is 21.7. The Morgan fingerprint density at radius 3 is 0.333 bits per heavy atom. The second kappa shape index (κ2) is 86.3. The van der Waals surface area contributed by atoms with Crippen molar-refractivity contribution in [2.24, 2.45) is 11.5 Å². The SMILES string of the molecule is NCCCCCCN.O=P([O-])([O-])CP(=O)([O-])[O-].O=P([O-])([O-])CP(=O)([O-])[O-].O=P([O-])([O-])CP(=O)([O-])[O-].O=P([O-])([O-])CP(=O)([O-])[O-].[K+].[K+].[K+].[K+].[K+].[K+].[K+].[K+].[K+].[K+].[K+].[K+].[K+].[K+].[K+].[K+]. The topological polar surface area (TPSA) is 558 Å². The van der Waals surface area contributed by atoms with Crippen LogP contribution in [0.3, 0.4) is 0 Å². The first-order valence-electron chi connectivity index (χ1n) is 10.2. The van der Waals surface area contributed by atoms with Gasteiger partial charge in [0, 0.05) is 23.6 Å². The normalized spacial score (nSPS) is 9.57. The van der Waals surface area contributed by atoms with Gasteiger partial charge in [0.1, 0.15) is 0 Å². The predicted molar refractivity (Wildman–Crippen MR) is 117 cm³/mol. The van der Waals surface area contributed by atoms with Gasteiger partial charge in [0.15, 0.2) is 0 Å². The standard InChI is InChI=1S/C6H16N2.4CH6O6P2.16K/c7-5-3-1-2-4-6-8;4*2-8(3,4)1-9(5,6)7;;;;;;;;;;;;;;;;/h1-8H2;4*1H2,(H2,2,3,4)(H2,5,6,7);;;;;;;;;;;;;;;;/q;;;;;16*+1/p-16. The van der Waals surface area contributed by atoms with Crippen molar-refractivity contribution in [2.75, 3.05) is 36.7 Å². The first-order chi connectivity index (χ1) is 18.7. The molecule has 0 saturated carbocycles. The van der Waals surface area contributed by atoms with Gasteiger partial charge in [-0.3, -0.25) is 0 Å². The van der Waals surface area contributed by atoms with Gasteiger partial charge in [0.05, 0.1) is 0 Å². The van der Waals surface area contributed by atoms with Gasteiger partial charge in [-0.2, -0.15) is 0 Å². The fraction of sp³-hybridized carbons (Fsp3) is 1.00. The van der Waals surface area contributed by atoms with Gasteiger partial charge in [-0.05, 0) is 25.9 Å². The first-order valence-corrected chi connectivity index (χ1v) is 24.1. The third-order valence-corrected chi connectivity index (χ3v) is 13.6. The smallest absolute Gasteiger partial charge is 0.810 e. The number of hydrogen-bond acceptors (Lipinski definition) is 26. The van der Waals surface area contributed by atoms with Crippen molar-refractivity contribution in [3.05, 3.63) is 0 Å². The van der Waals surface area contributed by atoms with Gasteiger partial charge in [-0.1, -0.05) is 73.6 Å². The van der Waals surface area contributed by atoms with E-state index in [9.17, 15) is 115 Å². The Morgan fingerprint density at radius 2 is 0.300 bits per heavy atom. The third kappa shape index (κ3) is 191. The minimum absolute atomic E-state index is 0. The molecule has 0 heterocycles. The molecule has 0 unspecified atom stereocenters. The van der Waals surface area contributed by atoms with Gasteiger partial charge in [0.25, 0.3) is 0 Å². The van der Waals surface area contributed by atoms with E-state index in [1.54, 1.807) is 0 Å². The summed E-state index contributed by atoms with van der Waals surface area (Å²) in [6.45, 7) is 1.65. The second-order valence-electron chi connectivity index (χ2n) is 7.44. The Labute approximate surface area is 1030 Å². The number of hydrogen-bond donors (Lipinski definition) is 2. The average molecular weight is 1430 g/mol. The Hall–Kier alpha value is 27.3. The van der Waals surface area contributed by atoms with Crippen LogP contribution >= 0.6 is 60.8 Å². The fourth-order valence-electron chi connectivity index (χ4n) is 1.49. The molecule has 50 heteroatoms. The maximum absolute atomic E-state index is 9.55. The summed E-state index contributed by atoms with van der Waals surface area (Å²) in [7, 11) is -41.4. The van der Waals surface area contributed by atoms with Crippen molar-refractivity contribution >= 4 is 60.8 Å². The molecule has 0 amide bonds. The zero-order valence-corrected chi connectivity index (χ0v) is 94.7. The summed E-state index contributed by atoms with van der Waals surface area (Å²) in [5.41, 5.74) is 10.6. The van der Waals surface area contributed by atoms with Crippen LogP contribution in [0.25, 0.3) is 0 Å². The minimum atomic E-state index is -5.18. The summed E-state index contributed by atoms with van der Waals surface area (Å²) in [5, 5.41) is 0. The summed E-state index contributed by atoms with van der Waals surface area (Å²) in [5.74, 6) is -7.28. The van der Waals surface area contributed by atoms with Crippen LogP contribution in [0, 0.1) is 0 Å². The average Bonchev–Trinajstić information content (AvgIpc) is 2.55. The van der Waals surface area contributed by atoms with Gasteiger partial charge >= 0.3 is 822 Å². The molecular weight excluding hydrogens is 1410 g/mol. The first kappa shape index (κ1) is 148. The Kier molecular flexibility index (Phi) is 213. The van der Waals surface area contributed by atoms with Crippen molar-refractivity contribution in [3.63, 3.8) is 0 Å². The molecule has 0 aliphatic heterocycles. The Balaban J connectivity index is -0.0000000156. The molecule has 0 rings (SSSR count). The molecule has 0 spiro atoms. The molecule has 0 atom stereocenters. The van der Waals surface area contributed by atoms with E-state index >= 15 is 0 Å². The van der Waals surface area contributed by atoms with E-state index in [-0.39, 0.29) is 822 Å². The minimum Gasteiger partial charge on any atom is -0.810 e. The quantitative estimate of drug-likeness (QED) is 0.0982. The molecule has 0 aliphatic carbocycles. The maximum atomic E-state index is 9.55. The van der Waals surface area contributed by atoms with E-state index in [1.165, 1.54) is 12.8 Å². The largest absolute Gasteiger partial charge is 1.00 e. The van der Waals surface area contributed by atoms with Gasteiger partial charge < -0.3 is 126 Å². The van der Waals surface area contributed by atoms with E-state index < -0.39 is 84.4 Å². The van der Waals surface area contributed by atoms with Gasteiger partial charge in [-0.15, -0.1) is 0 Å². The number of nitrogens with two attached hydrogens (primary N) is 2. The van der Waals surface area contributed by atoms with E-state index in [4.69, 9.17) is 11.5 Å². The van der Waals surface area contributed by atoms with Gasteiger partial charge in [0.2, 0.25) is 0 Å². The summed E-state index contributed by atoms with van der Waals surface area (Å²) in [6.07, 6.45) is 4.79. The Bertz CT molecular complexity index is 940. The number of unbranched alkanes of at least 4 members (excludes halogenated alkanes) is 3. The fourth-order valence-corrected chi connectivity index (χ4v) is 8.28. The van der Waals surface area contributed by atoms with Crippen molar-refractivity contribution in [1.29, 1.82) is 0 Å². The molecule has 0 aromatic rings. The van der Waals surface area contributed by atoms with Crippen molar-refractivity contribution in [2.45, 2.75) is 25.7 Å². The van der Waals surface area contributed by atoms with Crippen LogP contribution in [0.2, 0.25) is 0 Å². The molecule has 26 nitrogen and oxygen atoms in total. The molecule has 60 heavy (non-hydrogen) atoms. The summed E-state index contributed by atoms with van der Waals surface area (Å²) in [6, 6.07) is 0. The summed E-state index contributed by atoms with van der Waals surface area (Å²) >= 11 is 0. The molecule has 0 aromatic carbocycles. The molecule has 0 aromatic heterocycles. The third-order valence-electron chi connectivity index (χ3n) is 2.54. The van der Waals surface area contributed by atoms with Crippen molar-refractivity contribution < 1.29 is 937 Å². The molecule has 0 aliphatic rings.